The summed E-state index contributed by atoms with van der Waals surface area (Å²) in [6, 6.07) is 13.0. The smallest absolute Gasteiger partial charge is 0.341 e. The van der Waals surface area contributed by atoms with Crippen molar-refractivity contribution in [3.05, 3.63) is 59.2 Å². The van der Waals surface area contributed by atoms with Crippen LogP contribution in [0.4, 0.5) is 5.69 Å². The van der Waals surface area contributed by atoms with Gasteiger partial charge in [0.05, 0.1) is 6.21 Å². The Morgan fingerprint density at radius 3 is 2.76 bits per heavy atom. The molecule has 0 spiro atoms. The number of rotatable bonds is 6. The Bertz CT molecular complexity index is 806. The van der Waals surface area contributed by atoms with Gasteiger partial charge in [0.15, 0.2) is 11.7 Å². The molecule has 0 aliphatic rings. The fourth-order valence-corrected chi connectivity index (χ4v) is 2.29. The Hall–Kier alpha value is -2.93. The number of benzene rings is 2. The van der Waals surface area contributed by atoms with E-state index in [1.165, 1.54) is 11.8 Å². The standard InChI is InChI=1S/C18H19N3O3S/c1-12-7-8-15(13(2)9-12)20-18(25)21-19-10-14-5-3-4-6-16(14)24-11-17(22)23/h3-10H,11H2,1-2H3,(H,22,23)(H2,20,21,25). The van der Waals surface area contributed by atoms with Crippen LogP contribution in [0.1, 0.15) is 16.7 Å². The number of aliphatic carboxylic acids is 1. The molecule has 0 saturated carbocycles. The molecule has 2 aromatic rings. The highest BCUT2D eigenvalue weighted by Gasteiger charge is 2.04. The Balaban J connectivity index is 1.96. The highest BCUT2D eigenvalue weighted by molar-refractivity contribution is 7.80. The molecule has 25 heavy (non-hydrogen) atoms. The van der Waals surface area contributed by atoms with Crippen molar-refractivity contribution in [2.24, 2.45) is 5.10 Å². The van der Waals surface area contributed by atoms with Gasteiger partial charge in [-0.05, 0) is 49.8 Å². The molecule has 0 amide bonds. The number of carboxylic acid groups (broad SMARTS) is 1. The second-order valence-electron chi connectivity index (χ2n) is 5.36. The molecule has 2 rings (SSSR count). The number of carboxylic acids is 1. The van der Waals surface area contributed by atoms with Crippen molar-refractivity contribution in [2.75, 3.05) is 11.9 Å². The quantitative estimate of drug-likeness (QED) is 0.419. The van der Waals surface area contributed by atoms with Gasteiger partial charge in [-0.15, -0.1) is 0 Å². The van der Waals surface area contributed by atoms with Gasteiger partial charge >= 0.3 is 5.97 Å². The molecule has 3 N–H and O–H groups in total. The number of nitrogens with zero attached hydrogens (tertiary/aromatic N) is 1. The maximum atomic E-state index is 10.6. The van der Waals surface area contributed by atoms with Gasteiger partial charge in [0.25, 0.3) is 0 Å². The lowest BCUT2D eigenvalue weighted by molar-refractivity contribution is -0.139. The molecule has 0 saturated heterocycles. The summed E-state index contributed by atoms with van der Waals surface area (Å²) in [5.74, 6) is -0.604. The number of hydrogen-bond acceptors (Lipinski definition) is 4. The lowest BCUT2D eigenvalue weighted by Crippen LogP contribution is -2.24. The minimum Gasteiger partial charge on any atom is -0.481 e. The topological polar surface area (TPSA) is 83.0 Å². The molecule has 0 bridgehead atoms. The van der Waals surface area contributed by atoms with E-state index in [1.54, 1.807) is 24.3 Å². The first kappa shape index (κ1) is 18.4. The summed E-state index contributed by atoms with van der Waals surface area (Å²) in [5.41, 5.74) is 6.54. The Kier molecular flexibility index (Phi) is 6.47. The largest absolute Gasteiger partial charge is 0.481 e. The maximum Gasteiger partial charge on any atom is 0.341 e. The first-order valence-electron chi connectivity index (χ1n) is 7.56. The molecule has 2 aromatic carbocycles. The van der Waals surface area contributed by atoms with Crippen LogP contribution in [-0.4, -0.2) is 29.0 Å². The molecule has 0 aliphatic carbocycles. The van der Waals surface area contributed by atoms with Crippen molar-refractivity contribution in [1.82, 2.24) is 5.43 Å². The number of anilines is 1. The number of hydrazone groups is 1. The van der Waals surface area contributed by atoms with Crippen molar-refractivity contribution in [2.45, 2.75) is 13.8 Å². The van der Waals surface area contributed by atoms with Crippen LogP contribution in [0.15, 0.2) is 47.6 Å². The fraction of sp³-hybridized carbons (Fsp3) is 0.167. The summed E-state index contributed by atoms with van der Waals surface area (Å²) in [6.07, 6.45) is 1.52. The molecule has 0 atom stereocenters. The first-order valence-corrected chi connectivity index (χ1v) is 7.97. The van der Waals surface area contributed by atoms with E-state index in [0.29, 0.717) is 16.4 Å². The summed E-state index contributed by atoms with van der Waals surface area (Å²) < 4.78 is 5.21. The molecular weight excluding hydrogens is 338 g/mol. The van der Waals surface area contributed by atoms with Crippen LogP contribution in [0.25, 0.3) is 0 Å². The third kappa shape index (κ3) is 5.89. The number of thiocarbonyl (C=S) groups is 1. The Morgan fingerprint density at radius 2 is 2.04 bits per heavy atom. The SMILES string of the molecule is Cc1ccc(NC(=S)NN=Cc2ccccc2OCC(=O)O)c(C)c1. The molecule has 6 nitrogen and oxygen atoms in total. The van der Waals surface area contributed by atoms with Gasteiger partial charge < -0.3 is 15.2 Å². The molecule has 130 valence electrons. The molecule has 0 radical (unpaired) electrons. The normalized spacial score (nSPS) is 10.5. The number of nitrogens with one attached hydrogen (secondary N) is 2. The number of carbonyl (C=O) groups is 1. The van der Waals surface area contributed by atoms with Gasteiger partial charge in [-0.1, -0.05) is 29.8 Å². The second kappa shape index (κ2) is 8.79. The van der Waals surface area contributed by atoms with E-state index in [-0.39, 0.29) is 0 Å². The minimum atomic E-state index is -1.04. The van der Waals surface area contributed by atoms with Crippen molar-refractivity contribution in [3.63, 3.8) is 0 Å². The van der Waals surface area contributed by atoms with E-state index < -0.39 is 12.6 Å². The molecule has 0 heterocycles. The van der Waals surface area contributed by atoms with E-state index in [9.17, 15) is 4.79 Å². The lowest BCUT2D eigenvalue weighted by atomic mass is 10.1. The highest BCUT2D eigenvalue weighted by atomic mass is 32.1. The first-order chi connectivity index (χ1) is 12.0. The lowest BCUT2D eigenvalue weighted by Gasteiger charge is -2.10. The predicted molar refractivity (Wildman–Crippen MR) is 102 cm³/mol. The summed E-state index contributed by atoms with van der Waals surface area (Å²) >= 11 is 5.22. The molecule has 0 aromatic heterocycles. The molecule has 0 unspecified atom stereocenters. The number of hydrogen-bond donors (Lipinski definition) is 3. The summed E-state index contributed by atoms with van der Waals surface area (Å²) in [6.45, 7) is 3.61. The third-order valence-electron chi connectivity index (χ3n) is 3.27. The fourth-order valence-electron chi connectivity index (χ4n) is 2.12. The van der Waals surface area contributed by atoms with Gasteiger partial charge in [-0.2, -0.15) is 5.10 Å². The van der Waals surface area contributed by atoms with Crippen LogP contribution in [0.3, 0.4) is 0 Å². The average molecular weight is 357 g/mol. The molecule has 0 aliphatic heterocycles. The van der Waals surface area contributed by atoms with E-state index in [1.807, 2.05) is 26.0 Å². The van der Waals surface area contributed by atoms with Crippen molar-refractivity contribution in [1.29, 1.82) is 0 Å². The number of para-hydroxylation sites is 1. The molecular formula is C18H19N3O3S. The van der Waals surface area contributed by atoms with Crippen LogP contribution < -0.4 is 15.5 Å². The van der Waals surface area contributed by atoms with Crippen LogP contribution in [0.2, 0.25) is 0 Å². The van der Waals surface area contributed by atoms with Gasteiger partial charge in [-0.25, -0.2) is 4.79 Å². The van der Waals surface area contributed by atoms with E-state index in [0.717, 1.165) is 11.3 Å². The monoisotopic (exact) mass is 357 g/mol. The zero-order valence-electron chi connectivity index (χ0n) is 13.9. The van der Waals surface area contributed by atoms with Crippen molar-refractivity contribution in [3.8, 4) is 5.75 Å². The summed E-state index contributed by atoms with van der Waals surface area (Å²) in [7, 11) is 0. The molecule has 0 fully saturated rings. The summed E-state index contributed by atoms with van der Waals surface area (Å²) in [4.78, 5) is 10.6. The Labute approximate surface area is 151 Å². The zero-order chi connectivity index (χ0) is 18.2. The summed E-state index contributed by atoms with van der Waals surface area (Å²) in [5, 5.41) is 16.2. The maximum absolute atomic E-state index is 10.6. The van der Waals surface area contributed by atoms with Gasteiger partial charge in [0, 0.05) is 11.3 Å². The van der Waals surface area contributed by atoms with E-state index in [4.69, 9.17) is 22.1 Å². The highest BCUT2D eigenvalue weighted by Crippen LogP contribution is 2.16. The van der Waals surface area contributed by atoms with Gasteiger partial charge in [-0.3, -0.25) is 5.43 Å². The van der Waals surface area contributed by atoms with Crippen LogP contribution in [0, 0.1) is 13.8 Å². The van der Waals surface area contributed by atoms with Crippen molar-refractivity contribution < 1.29 is 14.6 Å². The van der Waals surface area contributed by atoms with Crippen molar-refractivity contribution >= 4 is 35.2 Å². The average Bonchev–Trinajstić information content (AvgIpc) is 2.56. The van der Waals surface area contributed by atoms with Crippen LogP contribution >= 0.6 is 12.2 Å². The van der Waals surface area contributed by atoms with E-state index >= 15 is 0 Å². The van der Waals surface area contributed by atoms with Gasteiger partial charge in [0.1, 0.15) is 5.75 Å². The minimum absolute atomic E-state index is 0.354. The Morgan fingerprint density at radius 1 is 1.28 bits per heavy atom. The zero-order valence-corrected chi connectivity index (χ0v) is 14.8. The van der Waals surface area contributed by atoms with Crippen LogP contribution in [0.5, 0.6) is 5.75 Å². The predicted octanol–water partition coefficient (Wildman–Crippen LogP) is 3.09. The third-order valence-corrected chi connectivity index (χ3v) is 3.46. The number of ether oxygens (including phenoxy) is 1. The van der Waals surface area contributed by atoms with E-state index in [2.05, 4.69) is 21.9 Å². The number of aryl methyl sites for hydroxylation is 2. The molecule has 7 heteroatoms. The van der Waals surface area contributed by atoms with Gasteiger partial charge in [0.2, 0.25) is 0 Å². The second-order valence-corrected chi connectivity index (χ2v) is 5.77. The van der Waals surface area contributed by atoms with Crippen LogP contribution in [-0.2, 0) is 4.79 Å².